The Morgan fingerprint density at radius 2 is 1.60 bits per heavy atom. The molecule has 3 N–H and O–H groups in total. The number of amides is 2. The third kappa shape index (κ3) is 8.13. The molecule has 0 saturated heterocycles. The summed E-state index contributed by atoms with van der Waals surface area (Å²) in [6.07, 6.45) is 0.879. The number of hydrogen-bond acceptors (Lipinski definition) is 5. The Hall–Kier alpha value is -3.06. The Morgan fingerprint density at radius 1 is 0.933 bits per heavy atom. The molecule has 2 aromatic carbocycles. The Balaban J connectivity index is 1.75. The third-order valence-corrected chi connectivity index (χ3v) is 4.43. The van der Waals surface area contributed by atoms with Crippen molar-refractivity contribution in [2.24, 2.45) is 0 Å². The number of carbonyl (C=O) groups is 2. The van der Waals surface area contributed by atoms with Gasteiger partial charge in [0.15, 0.2) is 0 Å². The first kappa shape index (κ1) is 23.2. The lowest BCUT2D eigenvalue weighted by Gasteiger charge is -2.12. The number of benzene rings is 2. The summed E-state index contributed by atoms with van der Waals surface area (Å²) in [4.78, 5) is 24.3. The second-order valence-corrected chi connectivity index (χ2v) is 6.83. The Morgan fingerprint density at radius 3 is 2.23 bits per heavy atom. The predicted octanol–water partition coefficient (Wildman–Crippen LogP) is 3.68. The monoisotopic (exact) mass is 413 g/mol. The van der Waals surface area contributed by atoms with Crippen LogP contribution in [0.5, 0.6) is 5.75 Å². The molecule has 0 heterocycles. The number of nitrogens with one attached hydrogen (secondary N) is 3. The van der Waals surface area contributed by atoms with E-state index in [9.17, 15) is 9.59 Å². The fourth-order valence-corrected chi connectivity index (χ4v) is 2.53. The highest BCUT2D eigenvalue weighted by molar-refractivity contribution is 5.95. The summed E-state index contributed by atoms with van der Waals surface area (Å²) in [5, 5.41) is 8.80. The molecule has 2 rings (SSSR count). The molecule has 0 aliphatic rings. The molecule has 2 amide bonds. The lowest BCUT2D eigenvalue weighted by Crippen LogP contribution is -2.31. The van der Waals surface area contributed by atoms with Gasteiger partial charge in [0.25, 0.3) is 5.91 Å². The fraction of sp³-hybridized carbons (Fsp3) is 0.391. The predicted molar refractivity (Wildman–Crippen MR) is 119 cm³/mol. The molecule has 0 aliphatic heterocycles. The highest BCUT2D eigenvalue weighted by Crippen LogP contribution is 2.16. The lowest BCUT2D eigenvalue weighted by atomic mass is 10.1. The molecule has 0 saturated carbocycles. The maximum atomic E-state index is 12.2. The fourth-order valence-electron chi connectivity index (χ4n) is 2.53. The summed E-state index contributed by atoms with van der Waals surface area (Å²) >= 11 is 0. The van der Waals surface area contributed by atoms with Gasteiger partial charge < -0.3 is 25.4 Å². The molecule has 0 radical (unpaired) electrons. The van der Waals surface area contributed by atoms with Gasteiger partial charge in [0.2, 0.25) is 5.91 Å². The Bertz CT molecular complexity index is 791. The van der Waals surface area contributed by atoms with Crippen LogP contribution < -0.4 is 20.7 Å². The second kappa shape index (κ2) is 12.5. The van der Waals surface area contributed by atoms with E-state index >= 15 is 0 Å². The van der Waals surface area contributed by atoms with Crippen molar-refractivity contribution >= 4 is 23.2 Å². The molecule has 0 spiro atoms. The van der Waals surface area contributed by atoms with E-state index in [-0.39, 0.29) is 24.4 Å². The number of ether oxygens (including phenoxy) is 2. The van der Waals surface area contributed by atoms with Crippen molar-refractivity contribution in [3.8, 4) is 5.75 Å². The summed E-state index contributed by atoms with van der Waals surface area (Å²) in [6.45, 7) is 7.75. The molecule has 30 heavy (non-hydrogen) atoms. The van der Waals surface area contributed by atoms with Crippen molar-refractivity contribution in [1.29, 1.82) is 0 Å². The van der Waals surface area contributed by atoms with Crippen molar-refractivity contribution in [3.63, 3.8) is 0 Å². The van der Waals surface area contributed by atoms with E-state index in [0.717, 1.165) is 17.9 Å². The zero-order valence-electron chi connectivity index (χ0n) is 17.9. The zero-order chi connectivity index (χ0) is 21.8. The zero-order valence-corrected chi connectivity index (χ0v) is 17.9. The quantitative estimate of drug-likeness (QED) is 0.462. The maximum Gasteiger partial charge on any atom is 0.251 e. The molecule has 162 valence electrons. The van der Waals surface area contributed by atoms with Crippen LogP contribution >= 0.6 is 0 Å². The van der Waals surface area contributed by atoms with E-state index in [1.54, 1.807) is 48.5 Å². The second-order valence-electron chi connectivity index (χ2n) is 6.83. The van der Waals surface area contributed by atoms with Gasteiger partial charge in [-0.1, -0.05) is 6.92 Å². The average Bonchev–Trinajstić information content (AvgIpc) is 2.76. The molecule has 0 aromatic heterocycles. The molecule has 7 nitrogen and oxygen atoms in total. The van der Waals surface area contributed by atoms with E-state index in [1.807, 2.05) is 20.8 Å². The molecular weight excluding hydrogens is 382 g/mol. The average molecular weight is 414 g/mol. The SMILES string of the molecule is CCOCCOc1ccc(NC(=O)CNc2ccc(C(=O)NC(C)CC)cc2)cc1. The van der Waals surface area contributed by atoms with E-state index < -0.39 is 0 Å². The van der Waals surface area contributed by atoms with Crippen LogP contribution in [-0.4, -0.2) is 44.2 Å². The molecule has 1 atom stereocenters. The molecular formula is C23H31N3O4. The van der Waals surface area contributed by atoms with Crippen LogP contribution in [0.25, 0.3) is 0 Å². The molecule has 0 aliphatic carbocycles. The first-order valence-corrected chi connectivity index (χ1v) is 10.3. The van der Waals surface area contributed by atoms with Crippen LogP contribution in [0.15, 0.2) is 48.5 Å². The Labute approximate surface area is 178 Å². The first-order valence-electron chi connectivity index (χ1n) is 10.3. The topological polar surface area (TPSA) is 88.7 Å². The minimum absolute atomic E-state index is 0.0982. The smallest absolute Gasteiger partial charge is 0.251 e. The van der Waals surface area contributed by atoms with Gasteiger partial charge in [-0.25, -0.2) is 0 Å². The van der Waals surface area contributed by atoms with E-state index in [1.165, 1.54) is 0 Å². The highest BCUT2D eigenvalue weighted by Gasteiger charge is 2.08. The molecule has 0 bridgehead atoms. The normalized spacial score (nSPS) is 11.4. The Kier molecular flexibility index (Phi) is 9.67. The van der Waals surface area contributed by atoms with Gasteiger partial charge in [-0.05, 0) is 68.8 Å². The van der Waals surface area contributed by atoms with Crippen molar-refractivity contribution in [2.75, 3.05) is 37.0 Å². The van der Waals surface area contributed by atoms with Crippen molar-refractivity contribution in [3.05, 3.63) is 54.1 Å². The largest absolute Gasteiger partial charge is 0.491 e. The van der Waals surface area contributed by atoms with Crippen LogP contribution in [0.2, 0.25) is 0 Å². The number of anilines is 2. The van der Waals surface area contributed by atoms with Gasteiger partial charge in [0.05, 0.1) is 13.2 Å². The van der Waals surface area contributed by atoms with Gasteiger partial charge in [0.1, 0.15) is 12.4 Å². The van der Waals surface area contributed by atoms with Crippen molar-refractivity contribution in [1.82, 2.24) is 5.32 Å². The third-order valence-electron chi connectivity index (χ3n) is 4.43. The summed E-state index contributed by atoms with van der Waals surface area (Å²) < 4.78 is 10.8. The van der Waals surface area contributed by atoms with Crippen LogP contribution in [0.4, 0.5) is 11.4 Å². The van der Waals surface area contributed by atoms with Crippen LogP contribution in [0.3, 0.4) is 0 Å². The minimum Gasteiger partial charge on any atom is -0.491 e. The summed E-state index contributed by atoms with van der Waals surface area (Å²) in [5.41, 5.74) is 2.05. The number of rotatable bonds is 12. The lowest BCUT2D eigenvalue weighted by molar-refractivity contribution is -0.114. The molecule has 0 fully saturated rings. The van der Waals surface area contributed by atoms with Gasteiger partial charge >= 0.3 is 0 Å². The van der Waals surface area contributed by atoms with E-state index in [0.29, 0.717) is 31.1 Å². The molecule has 7 heteroatoms. The van der Waals surface area contributed by atoms with E-state index in [4.69, 9.17) is 9.47 Å². The molecule has 2 aromatic rings. The summed E-state index contributed by atoms with van der Waals surface area (Å²) in [5.74, 6) is 0.459. The van der Waals surface area contributed by atoms with Crippen LogP contribution in [0.1, 0.15) is 37.6 Å². The highest BCUT2D eigenvalue weighted by atomic mass is 16.5. The minimum atomic E-state index is -0.168. The first-order chi connectivity index (χ1) is 14.5. The number of hydrogen-bond donors (Lipinski definition) is 3. The van der Waals surface area contributed by atoms with Crippen molar-refractivity contribution < 1.29 is 19.1 Å². The van der Waals surface area contributed by atoms with Crippen LogP contribution in [-0.2, 0) is 9.53 Å². The van der Waals surface area contributed by atoms with E-state index in [2.05, 4.69) is 16.0 Å². The number of carbonyl (C=O) groups excluding carboxylic acids is 2. The van der Waals surface area contributed by atoms with Gasteiger partial charge in [-0.2, -0.15) is 0 Å². The van der Waals surface area contributed by atoms with Gasteiger partial charge in [-0.15, -0.1) is 0 Å². The molecule has 1 unspecified atom stereocenters. The van der Waals surface area contributed by atoms with Crippen LogP contribution in [0, 0.1) is 0 Å². The summed E-state index contributed by atoms with van der Waals surface area (Å²) in [6, 6.07) is 14.4. The summed E-state index contributed by atoms with van der Waals surface area (Å²) in [7, 11) is 0. The van der Waals surface area contributed by atoms with Gasteiger partial charge in [-0.3, -0.25) is 9.59 Å². The maximum absolute atomic E-state index is 12.2. The van der Waals surface area contributed by atoms with Crippen molar-refractivity contribution in [2.45, 2.75) is 33.2 Å². The van der Waals surface area contributed by atoms with Gasteiger partial charge in [0, 0.05) is 29.6 Å². The standard InChI is InChI=1S/C23H31N3O4/c1-4-17(3)25-23(28)18-6-8-19(9-7-18)24-16-22(27)26-20-10-12-21(13-11-20)30-15-14-29-5-2/h6-13,17,24H,4-5,14-16H2,1-3H3,(H,25,28)(H,26,27).